The van der Waals surface area contributed by atoms with Gasteiger partial charge in [0.15, 0.2) is 0 Å². The third-order valence-corrected chi connectivity index (χ3v) is 3.43. The van der Waals surface area contributed by atoms with E-state index in [-0.39, 0.29) is 11.1 Å². The van der Waals surface area contributed by atoms with Crippen molar-refractivity contribution in [1.29, 1.82) is 0 Å². The van der Waals surface area contributed by atoms with Gasteiger partial charge in [0.1, 0.15) is 11.6 Å². The van der Waals surface area contributed by atoms with Gasteiger partial charge in [0, 0.05) is 15.7 Å². The van der Waals surface area contributed by atoms with E-state index in [9.17, 15) is 23.6 Å². The minimum atomic E-state index is -2.86. The van der Waals surface area contributed by atoms with Crippen molar-refractivity contribution in [2.45, 2.75) is 12.6 Å². The quantitative estimate of drug-likeness (QED) is 0.628. The molecule has 116 valence electrons. The van der Waals surface area contributed by atoms with Gasteiger partial charge in [-0.3, -0.25) is 0 Å². The van der Waals surface area contributed by atoms with E-state index in [1.54, 1.807) is 0 Å². The molecule has 2 unspecified atom stereocenters. The van der Waals surface area contributed by atoms with Crippen molar-refractivity contribution in [2.75, 3.05) is 0 Å². The second-order valence-electron chi connectivity index (χ2n) is 4.24. The topological polar surface area (TPSA) is 76.0 Å². The molecule has 8 heteroatoms. The summed E-state index contributed by atoms with van der Waals surface area (Å²) in [5, 5.41) is 19.3. The molecule has 0 aliphatic carbocycles. The summed E-state index contributed by atoms with van der Waals surface area (Å²) in [6.07, 6.45) is -3.21. The molecule has 0 bridgehead atoms. The molecule has 0 amide bonds. The van der Waals surface area contributed by atoms with E-state index < -0.39 is 32.5 Å². The number of rotatable bonds is 6. The van der Waals surface area contributed by atoms with Crippen LogP contribution < -0.4 is 0 Å². The first-order chi connectivity index (χ1) is 10.5. The van der Waals surface area contributed by atoms with Crippen molar-refractivity contribution >= 4 is 8.25 Å². The Morgan fingerprint density at radius 1 is 0.773 bits per heavy atom. The van der Waals surface area contributed by atoms with E-state index in [0.29, 0.717) is 0 Å². The summed E-state index contributed by atoms with van der Waals surface area (Å²) in [6.45, 7) is 0. The molecule has 0 saturated heterocycles. The first-order valence-electron chi connectivity index (χ1n) is 6.13. The first kappa shape index (κ1) is 16.6. The third kappa shape index (κ3) is 4.62. The lowest BCUT2D eigenvalue weighted by Gasteiger charge is -2.06. The third-order valence-electron chi connectivity index (χ3n) is 2.68. The molecule has 22 heavy (non-hydrogen) atoms. The highest BCUT2D eigenvalue weighted by Gasteiger charge is 2.31. The van der Waals surface area contributed by atoms with Gasteiger partial charge in [-0.05, 0) is 24.3 Å². The fraction of sp³-hybridized carbons (Fsp3) is 0.143. The standard InChI is InChI=1S/C14H12F2O5P/c15-11-5-1-9(2-6-11)13(17)20-22(19)21-14(18)10-3-7-12(16)8-4-10/h1-8,13-14,17-18H/q+1. The van der Waals surface area contributed by atoms with Crippen LogP contribution in [0.15, 0.2) is 48.5 Å². The molecule has 2 atom stereocenters. The van der Waals surface area contributed by atoms with Gasteiger partial charge < -0.3 is 10.2 Å². The summed E-state index contributed by atoms with van der Waals surface area (Å²) in [5.74, 6) is -0.994. The number of hydrogen-bond donors (Lipinski definition) is 2. The minimum absolute atomic E-state index is 0.171. The van der Waals surface area contributed by atoms with Gasteiger partial charge in [-0.15, -0.1) is 0 Å². The van der Waals surface area contributed by atoms with E-state index >= 15 is 0 Å². The first-order valence-corrected chi connectivity index (χ1v) is 7.23. The predicted molar refractivity (Wildman–Crippen MR) is 72.5 cm³/mol. The van der Waals surface area contributed by atoms with Crippen molar-refractivity contribution in [3.63, 3.8) is 0 Å². The van der Waals surface area contributed by atoms with Crippen LogP contribution in [0.25, 0.3) is 0 Å². The molecular weight excluding hydrogens is 317 g/mol. The molecule has 0 radical (unpaired) electrons. The lowest BCUT2D eigenvalue weighted by molar-refractivity contribution is -0.0619. The van der Waals surface area contributed by atoms with Crippen LogP contribution in [-0.2, 0) is 13.6 Å². The van der Waals surface area contributed by atoms with Gasteiger partial charge in [0.2, 0.25) is 12.6 Å². The Labute approximate surface area is 125 Å². The lowest BCUT2D eigenvalue weighted by atomic mass is 10.2. The summed E-state index contributed by atoms with van der Waals surface area (Å²) in [6, 6.07) is 9.40. The van der Waals surface area contributed by atoms with Crippen LogP contribution in [0.4, 0.5) is 8.78 Å². The molecule has 0 aliphatic rings. The second-order valence-corrected chi connectivity index (χ2v) is 5.11. The Morgan fingerprint density at radius 3 is 1.41 bits per heavy atom. The van der Waals surface area contributed by atoms with E-state index in [1.165, 1.54) is 24.3 Å². The van der Waals surface area contributed by atoms with Crippen LogP contribution in [-0.4, -0.2) is 10.2 Å². The second kappa shape index (κ2) is 7.49. The van der Waals surface area contributed by atoms with Crippen molar-refractivity contribution < 1.29 is 32.6 Å². The van der Waals surface area contributed by atoms with Crippen LogP contribution in [0.3, 0.4) is 0 Å². The fourth-order valence-corrected chi connectivity index (χ4v) is 2.18. The molecule has 0 aromatic heterocycles. The van der Waals surface area contributed by atoms with E-state index in [0.717, 1.165) is 24.3 Å². The maximum Gasteiger partial charge on any atom is 0.703 e. The average Bonchev–Trinajstić information content (AvgIpc) is 2.48. The van der Waals surface area contributed by atoms with Crippen molar-refractivity contribution in [3.8, 4) is 0 Å². The Hall–Kier alpha value is -1.76. The van der Waals surface area contributed by atoms with Crippen LogP contribution in [0.5, 0.6) is 0 Å². The smallest absolute Gasteiger partial charge is 0.361 e. The van der Waals surface area contributed by atoms with Gasteiger partial charge in [-0.2, -0.15) is 0 Å². The highest BCUT2D eigenvalue weighted by atomic mass is 31.1. The zero-order valence-electron chi connectivity index (χ0n) is 11.1. The fourth-order valence-electron chi connectivity index (χ4n) is 1.56. The van der Waals surface area contributed by atoms with Crippen LogP contribution in [0.1, 0.15) is 23.7 Å². The Balaban J connectivity index is 1.91. The van der Waals surface area contributed by atoms with Crippen LogP contribution >= 0.6 is 8.25 Å². The summed E-state index contributed by atoms with van der Waals surface area (Å²) in [7, 11) is -2.86. The SMILES string of the molecule is O=[P+](OC(O)c1ccc(F)cc1)OC(O)c1ccc(F)cc1. The van der Waals surface area contributed by atoms with Gasteiger partial charge in [-0.1, -0.05) is 33.3 Å². The number of aliphatic hydroxyl groups excluding tert-OH is 2. The molecule has 5 nitrogen and oxygen atoms in total. The van der Waals surface area contributed by atoms with Crippen LogP contribution in [0, 0.1) is 11.6 Å². The number of benzene rings is 2. The summed E-state index contributed by atoms with van der Waals surface area (Å²) < 4.78 is 46.4. The van der Waals surface area contributed by atoms with Gasteiger partial charge in [0.25, 0.3) is 0 Å². The van der Waals surface area contributed by atoms with Gasteiger partial charge in [0.05, 0.1) is 0 Å². The molecule has 2 rings (SSSR count). The highest BCUT2D eigenvalue weighted by molar-refractivity contribution is 7.33. The highest BCUT2D eigenvalue weighted by Crippen LogP contribution is 2.36. The van der Waals surface area contributed by atoms with E-state index in [1.807, 2.05) is 0 Å². The summed E-state index contributed by atoms with van der Waals surface area (Å²) >= 11 is 0. The number of aliphatic hydroxyl groups is 2. The lowest BCUT2D eigenvalue weighted by Crippen LogP contribution is -2.02. The normalized spacial score (nSPS) is 14.5. The summed E-state index contributed by atoms with van der Waals surface area (Å²) in [5.41, 5.74) is 0.342. The molecule has 2 aromatic rings. The predicted octanol–water partition coefficient (Wildman–Crippen LogP) is 3.34. The van der Waals surface area contributed by atoms with Gasteiger partial charge >= 0.3 is 8.25 Å². The van der Waals surface area contributed by atoms with Crippen molar-refractivity contribution in [2.24, 2.45) is 0 Å². The van der Waals surface area contributed by atoms with E-state index in [2.05, 4.69) is 9.05 Å². The van der Waals surface area contributed by atoms with Crippen LogP contribution in [0.2, 0.25) is 0 Å². The molecule has 2 N–H and O–H groups in total. The molecule has 2 aromatic carbocycles. The zero-order valence-corrected chi connectivity index (χ0v) is 12.0. The zero-order chi connectivity index (χ0) is 16.1. The van der Waals surface area contributed by atoms with E-state index in [4.69, 9.17) is 0 Å². The Kier molecular flexibility index (Phi) is 5.65. The number of halogens is 2. The molecule has 0 spiro atoms. The Morgan fingerprint density at radius 2 is 1.09 bits per heavy atom. The maximum absolute atomic E-state index is 12.7. The van der Waals surface area contributed by atoms with Crippen molar-refractivity contribution in [1.82, 2.24) is 0 Å². The maximum atomic E-state index is 12.7. The monoisotopic (exact) mass is 329 g/mol. The molecule has 0 fully saturated rings. The molecule has 0 heterocycles. The number of hydrogen-bond acceptors (Lipinski definition) is 5. The molecular formula is C14H12F2O5P+. The Bertz CT molecular complexity index is 577. The average molecular weight is 329 g/mol. The van der Waals surface area contributed by atoms with Crippen molar-refractivity contribution in [3.05, 3.63) is 71.3 Å². The largest absolute Gasteiger partial charge is 0.703 e. The minimum Gasteiger partial charge on any atom is -0.361 e. The molecule has 0 saturated carbocycles. The molecule has 0 aliphatic heterocycles. The van der Waals surface area contributed by atoms with Gasteiger partial charge in [-0.25, -0.2) is 8.78 Å². The summed E-state index contributed by atoms with van der Waals surface area (Å²) in [4.78, 5) is 0.